The Morgan fingerprint density at radius 3 is 2.80 bits per heavy atom. The lowest BCUT2D eigenvalue weighted by molar-refractivity contribution is 0.505. The highest BCUT2D eigenvalue weighted by atomic mass is 79.9. The van der Waals surface area contributed by atoms with Crippen molar-refractivity contribution in [3.05, 3.63) is 34.6 Å². The second kappa shape index (κ2) is 3.37. The van der Waals surface area contributed by atoms with Gasteiger partial charge in [0.1, 0.15) is 10.9 Å². The molecular weight excluding hydrogens is 259 g/mol. The number of halogens is 2. The van der Waals surface area contributed by atoms with Crippen LogP contribution < -0.4 is 0 Å². The van der Waals surface area contributed by atoms with Crippen molar-refractivity contribution in [2.75, 3.05) is 0 Å². The molecule has 4 heteroatoms. The number of allylic oxidation sites excluding steroid dienone is 2. The predicted octanol–water partition coefficient (Wildman–Crippen LogP) is 3.06. The fraction of sp³-hybridized carbons (Fsp3) is 0.455. The van der Waals surface area contributed by atoms with Crippen LogP contribution in [0.1, 0.15) is 24.5 Å². The molecule has 1 saturated carbocycles. The van der Waals surface area contributed by atoms with E-state index < -0.39 is 0 Å². The number of aromatic nitrogens is 2. The van der Waals surface area contributed by atoms with Crippen molar-refractivity contribution in [1.29, 1.82) is 0 Å². The van der Waals surface area contributed by atoms with Crippen LogP contribution in [0.4, 0.5) is 4.39 Å². The second-order valence-electron chi connectivity index (χ2n) is 4.25. The summed E-state index contributed by atoms with van der Waals surface area (Å²) in [6.07, 6.45) is 8.06. The van der Waals surface area contributed by atoms with E-state index in [1.165, 1.54) is 6.33 Å². The number of nitrogens with zero attached hydrogens (tertiary/aromatic N) is 2. The lowest BCUT2D eigenvalue weighted by Crippen LogP contribution is -2.10. The molecular formula is C11H10BrFN2. The lowest BCUT2D eigenvalue weighted by atomic mass is 9.90. The fourth-order valence-electron chi connectivity index (χ4n) is 2.71. The number of hydrogen-bond acceptors (Lipinski definition) is 2. The summed E-state index contributed by atoms with van der Waals surface area (Å²) in [7, 11) is 0. The minimum absolute atomic E-state index is 0.249. The molecule has 2 aliphatic rings. The molecule has 1 fully saturated rings. The molecule has 1 aromatic rings. The van der Waals surface area contributed by atoms with Crippen LogP contribution in [0.25, 0.3) is 0 Å². The van der Waals surface area contributed by atoms with E-state index in [1.807, 2.05) is 0 Å². The summed E-state index contributed by atoms with van der Waals surface area (Å²) in [4.78, 5) is 7.88. The van der Waals surface area contributed by atoms with E-state index in [9.17, 15) is 4.39 Å². The molecule has 1 aromatic heterocycles. The lowest BCUT2D eigenvalue weighted by Gasteiger charge is -2.17. The maximum atomic E-state index is 13.8. The average molecular weight is 269 g/mol. The highest BCUT2D eigenvalue weighted by Crippen LogP contribution is 2.48. The molecule has 78 valence electrons. The van der Waals surface area contributed by atoms with Crippen molar-refractivity contribution in [2.24, 2.45) is 11.8 Å². The van der Waals surface area contributed by atoms with E-state index in [0.29, 0.717) is 17.5 Å². The summed E-state index contributed by atoms with van der Waals surface area (Å²) in [6.45, 7) is 0. The Morgan fingerprint density at radius 1 is 1.27 bits per heavy atom. The molecule has 2 bridgehead atoms. The number of hydrogen-bond donors (Lipinski definition) is 0. The van der Waals surface area contributed by atoms with Gasteiger partial charge in [-0.1, -0.05) is 12.2 Å². The standard InChI is InChI=1S/C11H10BrFN2/c12-11-9(13)10(14-5-15-11)8-4-6-1-2-7(8)3-6/h1-2,5-8H,3-4H2. The second-order valence-corrected chi connectivity index (χ2v) is 5.00. The van der Waals surface area contributed by atoms with Gasteiger partial charge < -0.3 is 0 Å². The molecule has 0 aromatic carbocycles. The third-order valence-corrected chi connectivity index (χ3v) is 3.96. The zero-order chi connectivity index (χ0) is 10.4. The van der Waals surface area contributed by atoms with Gasteiger partial charge in [-0.2, -0.15) is 0 Å². The summed E-state index contributed by atoms with van der Waals surface area (Å²) in [5.74, 6) is 1.07. The van der Waals surface area contributed by atoms with E-state index in [-0.39, 0.29) is 16.3 Å². The normalized spacial score (nSPS) is 32.5. The van der Waals surface area contributed by atoms with Crippen molar-refractivity contribution in [2.45, 2.75) is 18.8 Å². The van der Waals surface area contributed by atoms with Gasteiger partial charge in [-0.05, 0) is 40.6 Å². The number of fused-ring (bicyclic) bond motifs is 2. The molecule has 2 aliphatic carbocycles. The van der Waals surface area contributed by atoms with Crippen LogP contribution in [0.3, 0.4) is 0 Å². The van der Waals surface area contributed by atoms with Gasteiger partial charge >= 0.3 is 0 Å². The first kappa shape index (κ1) is 9.46. The van der Waals surface area contributed by atoms with Crippen LogP contribution in [0.5, 0.6) is 0 Å². The quantitative estimate of drug-likeness (QED) is 0.578. The first-order chi connectivity index (χ1) is 7.25. The van der Waals surface area contributed by atoms with Crippen molar-refractivity contribution in [3.63, 3.8) is 0 Å². The first-order valence-corrected chi connectivity index (χ1v) is 5.89. The topological polar surface area (TPSA) is 25.8 Å². The van der Waals surface area contributed by atoms with Crippen molar-refractivity contribution < 1.29 is 4.39 Å². The fourth-order valence-corrected chi connectivity index (χ4v) is 3.01. The molecule has 0 amide bonds. The van der Waals surface area contributed by atoms with Crippen LogP contribution in [-0.2, 0) is 0 Å². The Hall–Kier alpha value is -0.770. The minimum atomic E-state index is -0.288. The zero-order valence-electron chi connectivity index (χ0n) is 8.03. The molecule has 3 atom stereocenters. The van der Waals surface area contributed by atoms with Crippen LogP contribution in [0.2, 0.25) is 0 Å². The molecule has 15 heavy (non-hydrogen) atoms. The van der Waals surface area contributed by atoms with E-state index in [0.717, 1.165) is 12.8 Å². The molecule has 0 radical (unpaired) electrons. The Labute approximate surface area is 95.8 Å². The minimum Gasteiger partial charge on any atom is -0.238 e. The Balaban J connectivity index is 2.00. The smallest absolute Gasteiger partial charge is 0.177 e. The molecule has 0 N–H and O–H groups in total. The highest BCUT2D eigenvalue weighted by molar-refractivity contribution is 9.10. The highest BCUT2D eigenvalue weighted by Gasteiger charge is 2.38. The first-order valence-electron chi connectivity index (χ1n) is 5.10. The Morgan fingerprint density at radius 2 is 2.13 bits per heavy atom. The monoisotopic (exact) mass is 268 g/mol. The summed E-state index contributed by atoms with van der Waals surface area (Å²) < 4.78 is 14.1. The van der Waals surface area contributed by atoms with Crippen LogP contribution >= 0.6 is 15.9 Å². The predicted molar refractivity (Wildman–Crippen MR) is 57.8 cm³/mol. The van der Waals surface area contributed by atoms with Gasteiger partial charge in [0.2, 0.25) is 0 Å². The maximum absolute atomic E-state index is 13.8. The van der Waals surface area contributed by atoms with Crippen LogP contribution in [0.15, 0.2) is 23.1 Å². The van der Waals surface area contributed by atoms with Gasteiger partial charge in [0.05, 0.1) is 5.69 Å². The van der Waals surface area contributed by atoms with Gasteiger partial charge in [-0.25, -0.2) is 14.4 Å². The average Bonchev–Trinajstić information content (AvgIpc) is 2.83. The molecule has 0 saturated heterocycles. The molecule has 0 aliphatic heterocycles. The van der Waals surface area contributed by atoms with Gasteiger partial charge in [-0.3, -0.25) is 0 Å². The summed E-state index contributed by atoms with van der Waals surface area (Å²) in [5, 5.41) is 0. The Bertz CT molecular complexity index is 433. The third kappa shape index (κ3) is 1.42. The van der Waals surface area contributed by atoms with Gasteiger partial charge in [-0.15, -0.1) is 0 Å². The third-order valence-electron chi connectivity index (χ3n) is 3.40. The summed E-state index contributed by atoms with van der Waals surface area (Å²) in [6, 6.07) is 0. The summed E-state index contributed by atoms with van der Waals surface area (Å²) in [5.41, 5.74) is 0.578. The molecule has 2 nitrogen and oxygen atoms in total. The van der Waals surface area contributed by atoms with Crippen molar-refractivity contribution in [3.8, 4) is 0 Å². The van der Waals surface area contributed by atoms with Gasteiger partial charge in [0, 0.05) is 5.92 Å². The molecule has 3 unspecified atom stereocenters. The van der Waals surface area contributed by atoms with E-state index >= 15 is 0 Å². The van der Waals surface area contributed by atoms with Gasteiger partial charge in [0.15, 0.2) is 5.82 Å². The SMILES string of the molecule is Fc1c(Br)ncnc1C1CC2C=CC1C2. The maximum Gasteiger partial charge on any atom is 0.177 e. The molecule has 0 spiro atoms. The molecule has 3 rings (SSSR count). The van der Waals surface area contributed by atoms with Gasteiger partial charge in [0.25, 0.3) is 0 Å². The van der Waals surface area contributed by atoms with Crippen LogP contribution in [0, 0.1) is 17.7 Å². The number of rotatable bonds is 1. The van der Waals surface area contributed by atoms with Crippen molar-refractivity contribution >= 4 is 15.9 Å². The molecule has 1 heterocycles. The van der Waals surface area contributed by atoms with E-state index in [1.54, 1.807) is 0 Å². The largest absolute Gasteiger partial charge is 0.238 e. The van der Waals surface area contributed by atoms with E-state index in [4.69, 9.17) is 0 Å². The van der Waals surface area contributed by atoms with Crippen molar-refractivity contribution in [1.82, 2.24) is 9.97 Å². The zero-order valence-corrected chi connectivity index (χ0v) is 9.61. The Kier molecular flexibility index (Phi) is 2.12. The summed E-state index contributed by atoms with van der Waals surface area (Å²) >= 11 is 3.10. The van der Waals surface area contributed by atoms with E-state index in [2.05, 4.69) is 38.0 Å². The van der Waals surface area contributed by atoms with Crippen LogP contribution in [-0.4, -0.2) is 9.97 Å².